The van der Waals surface area contributed by atoms with Gasteiger partial charge in [-0.3, -0.25) is 0 Å². The van der Waals surface area contributed by atoms with Crippen LogP contribution in [0.2, 0.25) is 0 Å². The Morgan fingerprint density at radius 2 is 1.71 bits per heavy atom. The Balaban J connectivity index is 1.63. The van der Waals surface area contributed by atoms with Crippen LogP contribution in [0.5, 0.6) is 0 Å². The van der Waals surface area contributed by atoms with Crippen molar-refractivity contribution in [2.45, 2.75) is 33.2 Å². The molecular weight excluding hydrogens is 346 g/mol. The number of allylic oxidation sites excluding steroid dienone is 1. The molecule has 1 heterocycles. The van der Waals surface area contributed by atoms with E-state index in [1.54, 1.807) is 0 Å². The second kappa shape index (κ2) is 8.09. The van der Waals surface area contributed by atoms with Crippen LogP contribution in [0.1, 0.15) is 37.5 Å². The van der Waals surface area contributed by atoms with E-state index in [2.05, 4.69) is 66.2 Å². The van der Waals surface area contributed by atoms with Gasteiger partial charge in [-0.2, -0.15) is 0 Å². The second-order valence-electron chi connectivity index (χ2n) is 8.18. The maximum atomic E-state index is 12.9. The minimum Gasteiger partial charge on any atom is -0.368 e. The lowest BCUT2D eigenvalue weighted by Crippen LogP contribution is -2.55. The Morgan fingerprint density at radius 1 is 1.04 bits per heavy atom. The van der Waals surface area contributed by atoms with Gasteiger partial charge in [-0.05, 0) is 56.5 Å². The van der Waals surface area contributed by atoms with E-state index in [1.165, 1.54) is 11.3 Å². The zero-order valence-corrected chi connectivity index (χ0v) is 17.5. The molecule has 3 rings (SSSR count). The summed E-state index contributed by atoms with van der Waals surface area (Å²) < 4.78 is 0. The van der Waals surface area contributed by atoms with Crippen LogP contribution < -0.4 is 10.2 Å². The minimum atomic E-state index is -0.449. The number of piperazine rings is 1. The van der Waals surface area contributed by atoms with Crippen molar-refractivity contribution >= 4 is 17.3 Å². The van der Waals surface area contributed by atoms with E-state index in [-0.39, 0.29) is 6.03 Å². The highest BCUT2D eigenvalue weighted by Gasteiger charge is 2.28. The molecule has 2 amide bonds. The lowest BCUT2D eigenvalue weighted by atomic mass is 9.92. The number of hydrogen-bond donors (Lipinski definition) is 1. The van der Waals surface area contributed by atoms with Crippen molar-refractivity contribution in [3.05, 3.63) is 71.8 Å². The molecule has 148 valence electrons. The number of nitrogens with zero attached hydrogens (tertiary/aromatic N) is 2. The Kier molecular flexibility index (Phi) is 5.78. The first-order valence-electron chi connectivity index (χ1n) is 9.92. The van der Waals surface area contributed by atoms with E-state index in [9.17, 15) is 4.79 Å². The summed E-state index contributed by atoms with van der Waals surface area (Å²) in [4.78, 5) is 17.2. The summed E-state index contributed by atoms with van der Waals surface area (Å²) in [5.74, 6) is 0. The quantitative estimate of drug-likeness (QED) is 0.831. The van der Waals surface area contributed by atoms with Crippen LogP contribution in [0.15, 0.2) is 55.1 Å². The standard InChI is InChI=1S/C24H31N3O/c1-18(2)20-10-8-11-21(17-20)24(4,5)25-23(28)27-15-13-26(14-16-27)22-12-7-6-9-19(22)3/h6-12,17H,1,13-16H2,2-5H3,(H,25,28). The monoisotopic (exact) mass is 377 g/mol. The van der Waals surface area contributed by atoms with Crippen molar-refractivity contribution in [1.29, 1.82) is 0 Å². The maximum Gasteiger partial charge on any atom is 0.318 e. The summed E-state index contributed by atoms with van der Waals surface area (Å²) in [6.45, 7) is 15.4. The molecule has 1 aliphatic heterocycles. The molecule has 28 heavy (non-hydrogen) atoms. The fourth-order valence-corrected chi connectivity index (χ4v) is 3.66. The van der Waals surface area contributed by atoms with Gasteiger partial charge in [0, 0.05) is 31.9 Å². The van der Waals surface area contributed by atoms with Gasteiger partial charge in [0.2, 0.25) is 0 Å². The van der Waals surface area contributed by atoms with E-state index in [1.807, 2.05) is 31.7 Å². The summed E-state index contributed by atoms with van der Waals surface area (Å²) >= 11 is 0. The number of aryl methyl sites for hydroxylation is 1. The normalized spacial score (nSPS) is 14.7. The molecule has 1 fully saturated rings. The van der Waals surface area contributed by atoms with Crippen LogP contribution >= 0.6 is 0 Å². The van der Waals surface area contributed by atoms with Gasteiger partial charge in [-0.1, -0.05) is 48.6 Å². The smallest absolute Gasteiger partial charge is 0.318 e. The molecule has 4 nitrogen and oxygen atoms in total. The number of rotatable bonds is 4. The summed E-state index contributed by atoms with van der Waals surface area (Å²) in [6.07, 6.45) is 0. The van der Waals surface area contributed by atoms with E-state index >= 15 is 0 Å². The Morgan fingerprint density at radius 3 is 2.36 bits per heavy atom. The van der Waals surface area contributed by atoms with Crippen molar-refractivity contribution in [1.82, 2.24) is 10.2 Å². The van der Waals surface area contributed by atoms with Gasteiger partial charge >= 0.3 is 6.03 Å². The number of carbonyl (C=O) groups is 1. The van der Waals surface area contributed by atoms with Crippen molar-refractivity contribution in [3.63, 3.8) is 0 Å². The predicted octanol–water partition coefficient (Wildman–Crippen LogP) is 4.80. The molecule has 1 N–H and O–H groups in total. The number of amides is 2. The molecule has 0 saturated carbocycles. The molecule has 1 aliphatic rings. The Hall–Kier alpha value is -2.75. The zero-order chi connectivity index (χ0) is 20.3. The van der Waals surface area contributed by atoms with Gasteiger partial charge in [0.25, 0.3) is 0 Å². The van der Waals surface area contributed by atoms with Gasteiger partial charge in [-0.15, -0.1) is 0 Å². The van der Waals surface area contributed by atoms with E-state index in [4.69, 9.17) is 0 Å². The van der Waals surface area contributed by atoms with E-state index < -0.39 is 5.54 Å². The second-order valence-corrected chi connectivity index (χ2v) is 8.18. The highest BCUT2D eigenvalue weighted by Crippen LogP contribution is 2.25. The molecule has 2 aromatic carbocycles. The molecular formula is C24H31N3O. The number of carbonyl (C=O) groups excluding carboxylic acids is 1. The third-order valence-corrected chi connectivity index (χ3v) is 5.52. The number of nitrogens with one attached hydrogen (secondary N) is 1. The summed E-state index contributed by atoms with van der Waals surface area (Å²) in [5, 5.41) is 3.21. The van der Waals surface area contributed by atoms with Crippen molar-refractivity contribution in [2.24, 2.45) is 0 Å². The van der Waals surface area contributed by atoms with E-state index in [0.29, 0.717) is 0 Å². The molecule has 1 saturated heterocycles. The number of hydrogen-bond acceptors (Lipinski definition) is 2. The molecule has 0 aliphatic carbocycles. The van der Waals surface area contributed by atoms with Gasteiger partial charge in [0.1, 0.15) is 0 Å². The molecule has 0 radical (unpaired) electrons. The molecule has 0 unspecified atom stereocenters. The Labute approximate surface area is 168 Å². The third-order valence-electron chi connectivity index (χ3n) is 5.52. The highest BCUT2D eigenvalue weighted by molar-refractivity contribution is 5.76. The average Bonchev–Trinajstić information content (AvgIpc) is 2.68. The topological polar surface area (TPSA) is 35.6 Å². The fourth-order valence-electron chi connectivity index (χ4n) is 3.66. The van der Waals surface area contributed by atoms with Crippen LogP contribution in [0.3, 0.4) is 0 Å². The highest BCUT2D eigenvalue weighted by atomic mass is 16.2. The van der Waals surface area contributed by atoms with Crippen LogP contribution in [-0.4, -0.2) is 37.1 Å². The Bertz CT molecular complexity index is 864. The zero-order valence-electron chi connectivity index (χ0n) is 17.5. The molecule has 4 heteroatoms. The summed E-state index contributed by atoms with van der Waals surface area (Å²) in [7, 11) is 0. The van der Waals surface area contributed by atoms with Crippen LogP contribution in [0.4, 0.5) is 10.5 Å². The number of benzene rings is 2. The molecule has 2 aromatic rings. The molecule has 0 aromatic heterocycles. The summed E-state index contributed by atoms with van der Waals surface area (Å²) in [6, 6.07) is 16.7. The van der Waals surface area contributed by atoms with Crippen LogP contribution in [0.25, 0.3) is 5.57 Å². The third kappa shape index (κ3) is 4.38. The van der Waals surface area contributed by atoms with Crippen molar-refractivity contribution in [2.75, 3.05) is 31.1 Å². The van der Waals surface area contributed by atoms with Gasteiger partial charge in [-0.25, -0.2) is 4.79 Å². The first-order valence-corrected chi connectivity index (χ1v) is 9.92. The average molecular weight is 378 g/mol. The van der Waals surface area contributed by atoms with Crippen LogP contribution in [-0.2, 0) is 5.54 Å². The van der Waals surface area contributed by atoms with Gasteiger partial charge in [0.05, 0.1) is 5.54 Å². The number of urea groups is 1. The van der Waals surface area contributed by atoms with Gasteiger partial charge in [0.15, 0.2) is 0 Å². The molecule has 0 spiro atoms. The fraction of sp³-hybridized carbons (Fsp3) is 0.375. The van der Waals surface area contributed by atoms with Crippen LogP contribution in [0, 0.1) is 6.92 Å². The lowest BCUT2D eigenvalue weighted by Gasteiger charge is -2.38. The van der Waals surface area contributed by atoms with Crippen molar-refractivity contribution < 1.29 is 4.79 Å². The van der Waals surface area contributed by atoms with Gasteiger partial charge < -0.3 is 15.1 Å². The SMILES string of the molecule is C=C(C)c1cccc(C(C)(C)NC(=O)N2CCN(c3ccccc3C)CC2)c1. The largest absolute Gasteiger partial charge is 0.368 e. The minimum absolute atomic E-state index is 0.00448. The first-order chi connectivity index (χ1) is 13.3. The predicted molar refractivity (Wildman–Crippen MR) is 118 cm³/mol. The summed E-state index contributed by atoms with van der Waals surface area (Å²) in [5.41, 5.74) is 5.30. The van der Waals surface area contributed by atoms with E-state index in [0.717, 1.165) is 42.9 Å². The molecule has 0 atom stereocenters. The lowest BCUT2D eigenvalue weighted by molar-refractivity contribution is 0.183. The van der Waals surface area contributed by atoms with Crippen molar-refractivity contribution in [3.8, 4) is 0 Å². The first kappa shape index (κ1) is 20.0. The number of para-hydroxylation sites is 1. The number of anilines is 1. The molecule has 0 bridgehead atoms. The maximum absolute atomic E-state index is 12.9.